The van der Waals surface area contributed by atoms with Crippen molar-refractivity contribution in [2.75, 3.05) is 26.1 Å². The van der Waals surface area contributed by atoms with E-state index in [9.17, 15) is 8.42 Å². The summed E-state index contributed by atoms with van der Waals surface area (Å²) in [4.78, 5) is 8.23. The van der Waals surface area contributed by atoms with E-state index in [1.807, 2.05) is 0 Å². The number of hydrogen-bond acceptors (Lipinski definition) is 10. The van der Waals surface area contributed by atoms with Crippen molar-refractivity contribution < 1.29 is 27.4 Å². The maximum Gasteiger partial charge on any atom is 0.243 e. The van der Waals surface area contributed by atoms with Crippen molar-refractivity contribution in [3.05, 3.63) is 47.3 Å². The zero-order valence-electron chi connectivity index (χ0n) is 20.9. The van der Waals surface area contributed by atoms with Crippen LogP contribution in [0.1, 0.15) is 43.9 Å². The molecule has 1 fully saturated rings. The smallest absolute Gasteiger partial charge is 0.243 e. The second kappa shape index (κ2) is 11.6. The third-order valence-electron chi connectivity index (χ3n) is 6.15. The first-order valence-electron chi connectivity index (χ1n) is 11.6. The van der Waals surface area contributed by atoms with Crippen LogP contribution in [-0.4, -0.2) is 65.8 Å². The van der Waals surface area contributed by atoms with Crippen LogP contribution < -0.4 is 14.2 Å². The maximum absolute atomic E-state index is 13.5. The number of halogens is 1. The Labute approximate surface area is 220 Å². The molecule has 1 aliphatic carbocycles. The van der Waals surface area contributed by atoms with Gasteiger partial charge in [0.05, 0.1) is 25.3 Å². The normalized spacial score (nSPS) is 15.6. The number of benzene rings is 1. The van der Waals surface area contributed by atoms with Gasteiger partial charge in [0.25, 0.3) is 0 Å². The molecular formula is C23H29ClN6O6S. The highest BCUT2D eigenvalue weighted by Gasteiger charge is 2.35. The number of anilines is 1. The van der Waals surface area contributed by atoms with Gasteiger partial charge in [-0.3, -0.25) is 9.29 Å². The summed E-state index contributed by atoms with van der Waals surface area (Å²) in [6, 6.07) is 5.22. The Morgan fingerprint density at radius 2 is 1.76 bits per heavy atom. The van der Waals surface area contributed by atoms with Crippen LogP contribution in [0.5, 0.6) is 11.5 Å². The molecule has 4 rings (SSSR count). The average molecular weight is 553 g/mol. The molecular weight excluding hydrogens is 524 g/mol. The van der Waals surface area contributed by atoms with Crippen LogP contribution in [0, 0.1) is 0 Å². The molecule has 0 aliphatic heterocycles. The molecule has 1 aliphatic rings. The quantitative estimate of drug-likeness (QED) is 0.356. The predicted molar refractivity (Wildman–Crippen MR) is 136 cm³/mol. The van der Waals surface area contributed by atoms with Crippen LogP contribution in [0.2, 0.25) is 5.02 Å². The molecule has 14 heteroatoms. The molecule has 37 heavy (non-hydrogen) atoms. The Bertz CT molecular complexity index is 1290. The number of hydrogen-bond donors (Lipinski definition) is 1. The lowest BCUT2D eigenvalue weighted by Gasteiger charge is -2.25. The Hall–Kier alpha value is -3.00. The summed E-state index contributed by atoms with van der Waals surface area (Å²) in [6.45, 7) is 1.61. The van der Waals surface area contributed by atoms with Crippen molar-refractivity contribution >= 4 is 27.6 Å². The third kappa shape index (κ3) is 5.79. The molecule has 0 spiro atoms. The van der Waals surface area contributed by atoms with Gasteiger partial charge >= 0.3 is 0 Å². The molecule has 3 aromatic rings. The van der Waals surface area contributed by atoms with Gasteiger partial charge in [-0.25, -0.2) is 18.4 Å². The van der Waals surface area contributed by atoms with Crippen molar-refractivity contribution in [2.24, 2.45) is 0 Å². The number of rotatable bonds is 12. The van der Waals surface area contributed by atoms with Gasteiger partial charge in [-0.2, -0.15) is 0 Å². The van der Waals surface area contributed by atoms with Crippen molar-refractivity contribution in [1.29, 1.82) is 0 Å². The summed E-state index contributed by atoms with van der Waals surface area (Å²) >= 11 is 5.88. The Kier molecular flexibility index (Phi) is 8.47. The van der Waals surface area contributed by atoms with E-state index in [0.29, 0.717) is 28.0 Å². The third-order valence-corrected chi connectivity index (χ3v) is 8.04. The minimum absolute atomic E-state index is 0.0614. The first-order valence-corrected chi connectivity index (χ1v) is 13.5. The summed E-state index contributed by atoms with van der Waals surface area (Å²) < 4.78 is 53.6. The fourth-order valence-electron chi connectivity index (χ4n) is 3.85. The highest BCUT2D eigenvalue weighted by Crippen LogP contribution is 2.36. The molecule has 0 saturated heterocycles. The van der Waals surface area contributed by atoms with E-state index in [4.69, 9.17) is 30.5 Å². The molecule has 0 radical (unpaired) electrons. The minimum Gasteiger partial charge on any atom is -0.494 e. The Morgan fingerprint density at radius 1 is 1.11 bits per heavy atom. The molecule has 1 saturated carbocycles. The fraction of sp³-hybridized carbons (Fsp3) is 0.478. The van der Waals surface area contributed by atoms with Gasteiger partial charge in [-0.15, -0.1) is 10.2 Å². The molecule has 2 heterocycles. The summed E-state index contributed by atoms with van der Waals surface area (Å²) in [5.41, 5.74) is 0.430. The number of ether oxygens (including phenoxy) is 4. The van der Waals surface area contributed by atoms with E-state index >= 15 is 0 Å². The second-order valence-electron chi connectivity index (χ2n) is 8.42. The number of para-hydroxylation sites is 1. The van der Waals surface area contributed by atoms with E-state index in [1.54, 1.807) is 18.2 Å². The number of methoxy groups -OCH3 is 3. The van der Waals surface area contributed by atoms with Gasteiger partial charge in [-0.1, -0.05) is 17.7 Å². The van der Waals surface area contributed by atoms with Crippen LogP contribution in [-0.2, 0) is 26.1 Å². The van der Waals surface area contributed by atoms with E-state index in [1.165, 1.54) is 45.2 Å². The highest BCUT2D eigenvalue weighted by atomic mass is 35.5. The molecule has 12 nitrogen and oxygen atoms in total. The van der Waals surface area contributed by atoms with Crippen LogP contribution in [0.3, 0.4) is 0 Å². The summed E-state index contributed by atoms with van der Waals surface area (Å²) in [5.74, 6) is 1.36. The van der Waals surface area contributed by atoms with Crippen LogP contribution in [0.25, 0.3) is 5.69 Å². The van der Waals surface area contributed by atoms with Gasteiger partial charge < -0.3 is 18.9 Å². The van der Waals surface area contributed by atoms with Crippen molar-refractivity contribution in [2.45, 2.75) is 50.3 Å². The van der Waals surface area contributed by atoms with Gasteiger partial charge in [0.2, 0.25) is 16.0 Å². The van der Waals surface area contributed by atoms with Crippen LogP contribution >= 0.6 is 11.6 Å². The zero-order chi connectivity index (χ0) is 26.6. The summed E-state index contributed by atoms with van der Waals surface area (Å²) in [5, 5.41) is 7.58. The zero-order valence-corrected chi connectivity index (χ0v) is 22.5. The van der Waals surface area contributed by atoms with Crippen LogP contribution in [0.4, 0.5) is 5.95 Å². The van der Waals surface area contributed by atoms with Crippen molar-refractivity contribution in [3.63, 3.8) is 0 Å². The summed E-state index contributed by atoms with van der Waals surface area (Å²) in [6.07, 6.45) is 4.95. The Balaban J connectivity index is 1.72. The number of sulfonamides is 1. The Morgan fingerprint density at radius 3 is 2.30 bits per heavy atom. The molecule has 2 aromatic heterocycles. The average Bonchev–Trinajstić information content (AvgIpc) is 3.24. The highest BCUT2D eigenvalue weighted by molar-refractivity contribution is 7.93. The molecule has 0 bridgehead atoms. The van der Waals surface area contributed by atoms with E-state index in [-0.39, 0.29) is 24.5 Å². The van der Waals surface area contributed by atoms with Gasteiger partial charge in [0, 0.05) is 19.5 Å². The first kappa shape index (κ1) is 27.0. The van der Waals surface area contributed by atoms with Crippen LogP contribution in [0.15, 0.2) is 30.6 Å². The molecule has 1 N–H and O–H groups in total. The predicted octanol–water partition coefficient (Wildman–Crippen LogP) is 3.31. The fourth-order valence-corrected chi connectivity index (χ4v) is 5.08. The maximum atomic E-state index is 13.5. The number of nitrogens with one attached hydrogen (secondary N) is 1. The second-order valence-corrected chi connectivity index (χ2v) is 10.9. The largest absolute Gasteiger partial charge is 0.494 e. The number of aromatic nitrogens is 5. The molecule has 2 atom stereocenters. The molecule has 0 unspecified atom stereocenters. The van der Waals surface area contributed by atoms with Crippen molar-refractivity contribution in [1.82, 2.24) is 24.7 Å². The summed E-state index contributed by atoms with van der Waals surface area (Å²) in [7, 11) is 0.301. The van der Waals surface area contributed by atoms with Gasteiger partial charge in [-0.05, 0) is 38.3 Å². The topological polar surface area (TPSA) is 140 Å². The molecule has 200 valence electrons. The lowest BCUT2D eigenvalue weighted by Crippen LogP contribution is -2.33. The van der Waals surface area contributed by atoms with Crippen molar-refractivity contribution in [3.8, 4) is 17.2 Å². The molecule has 0 amide bonds. The van der Waals surface area contributed by atoms with E-state index < -0.39 is 21.4 Å². The minimum atomic E-state index is -4.10. The number of nitrogens with zero attached hydrogens (tertiary/aromatic N) is 5. The molecule has 1 aromatic carbocycles. The lowest BCUT2D eigenvalue weighted by molar-refractivity contribution is -0.0122. The lowest BCUT2D eigenvalue weighted by atomic mass is 9.96. The van der Waals surface area contributed by atoms with Gasteiger partial charge in [0.1, 0.15) is 35.1 Å². The van der Waals surface area contributed by atoms with Gasteiger partial charge in [0.15, 0.2) is 11.6 Å². The SMILES string of the molecule is COc1cccc(OC)c1-n1c(COC2CCC2)nnc1NS(=O)(=O)[C@@H](C)[C@H](OC)c1ncc(Cl)cn1. The standard InChI is InChI=1S/C23H29ClN6O6S/c1-14(21(35-4)22-25-11-15(24)12-26-22)37(31,32)29-23-28-27-19(13-36-16-7-5-8-16)30(23)20-17(33-2)9-6-10-18(20)34-3/h6,9-12,14,16,21H,5,7-8,13H2,1-4H3,(H,28,29)/t14-,21-/m0/s1. The van der Waals surface area contributed by atoms with E-state index in [2.05, 4.69) is 24.9 Å². The monoisotopic (exact) mass is 552 g/mol. The van der Waals surface area contributed by atoms with E-state index in [0.717, 1.165) is 19.3 Å². The first-order chi connectivity index (χ1) is 17.8.